The second-order valence-electron chi connectivity index (χ2n) is 7.56. The Morgan fingerprint density at radius 2 is 1.65 bits per heavy atom. The number of hydrogen-bond acceptors (Lipinski definition) is 7. The van der Waals surface area contributed by atoms with Crippen LogP contribution in [-0.2, 0) is 28.7 Å². The van der Waals surface area contributed by atoms with E-state index in [-0.39, 0.29) is 18.4 Å². The predicted molar refractivity (Wildman–Crippen MR) is 99.4 cm³/mol. The normalized spacial score (nSPS) is 15.7. The van der Waals surface area contributed by atoms with Crippen LogP contribution >= 0.6 is 11.8 Å². The third kappa shape index (κ3) is 7.63. The van der Waals surface area contributed by atoms with Gasteiger partial charge in [0.25, 0.3) is 11.8 Å². The Morgan fingerprint density at radius 3 is 2.23 bits per heavy atom. The molecule has 8 heteroatoms. The maximum atomic E-state index is 12.3. The second kappa shape index (κ2) is 10.3. The molecule has 0 aromatic heterocycles. The molecule has 0 saturated carbocycles. The summed E-state index contributed by atoms with van der Waals surface area (Å²) in [5.41, 5.74) is -1.23. The number of amides is 2. The standard InChI is InChI=1S/C18H31NO6S/c1-17(2,16(22)25-19-14(20)6-7-15(19)21)8-11-24-18(3,4)9-10-23-12-13-26-5/h6-13H2,1-5H3. The summed E-state index contributed by atoms with van der Waals surface area (Å²) < 4.78 is 11.4. The predicted octanol–water partition coefficient (Wildman–Crippen LogP) is 2.57. The molecule has 2 amide bonds. The molecule has 0 N–H and O–H groups in total. The molecule has 7 nitrogen and oxygen atoms in total. The third-order valence-electron chi connectivity index (χ3n) is 4.23. The number of nitrogens with zero attached hydrogens (tertiary/aromatic N) is 1. The molecular formula is C18H31NO6S. The molecule has 150 valence electrons. The first-order valence-electron chi connectivity index (χ1n) is 8.88. The van der Waals surface area contributed by atoms with Crippen LogP contribution in [0.2, 0.25) is 0 Å². The first-order valence-corrected chi connectivity index (χ1v) is 10.3. The number of hydroxylamine groups is 2. The summed E-state index contributed by atoms with van der Waals surface area (Å²) in [6.07, 6.45) is 3.38. The van der Waals surface area contributed by atoms with Gasteiger partial charge in [-0.3, -0.25) is 9.59 Å². The van der Waals surface area contributed by atoms with Crippen LogP contribution in [0.1, 0.15) is 53.4 Å². The lowest BCUT2D eigenvalue weighted by Crippen LogP contribution is -2.38. The van der Waals surface area contributed by atoms with E-state index in [2.05, 4.69) is 0 Å². The van der Waals surface area contributed by atoms with Crippen molar-refractivity contribution in [2.75, 3.05) is 31.8 Å². The molecule has 0 unspecified atom stereocenters. The monoisotopic (exact) mass is 389 g/mol. The highest BCUT2D eigenvalue weighted by Gasteiger charge is 2.38. The van der Waals surface area contributed by atoms with Gasteiger partial charge in [0, 0.05) is 31.8 Å². The maximum Gasteiger partial charge on any atom is 0.338 e. The quantitative estimate of drug-likeness (QED) is 0.375. The molecule has 0 aromatic rings. The van der Waals surface area contributed by atoms with Gasteiger partial charge in [0.15, 0.2) is 0 Å². The van der Waals surface area contributed by atoms with E-state index in [9.17, 15) is 14.4 Å². The smallest absolute Gasteiger partial charge is 0.338 e. The van der Waals surface area contributed by atoms with Gasteiger partial charge in [0.2, 0.25) is 0 Å². The van der Waals surface area contributed by atoms with Crippen LogP contribution in [0.4, 0.5) is 0 Å². The summed E-state index contributed by atoms with van der Waals surface area (Å²) in [5.74, 6) is -0.585. The number of hydrogen-bond donors (Lipinski definition) is 0. The lowest BCUT2D eigenvalue weighted by atomic mass is 9.90. The lowest BCUT2D eigenvalue weighted by molar-refractivity contribution is -0.205. The molecule has 0 spiro atoms. The number of rotatable bonds is 12. The number of thioether (sulfide) groups is 1. The van der Waals surface area contributed by atoms with Gasteiger partial charge < -0.3 is 14.3 Å². The molecule has 1 fully saturated rings. The minimum absolute atomic E-state index is 0.0862. The minimum Gasteiger partial charge on any atom is -0.380 e. The molecule has 1 aliphatic rings. The zero-order chi connectivity index (χ0) is 19.8. The van der Waals surface area contributed by atoms with E-state index in [1.165, 1.54) is 0 Å². The molecule has 0 aromatic carbocycles. The fourth-order valence-electron chi connectivity index (χ4n) is 2.18. The van der Waals surface area contributed by atoms with E-state index in [1.807, 2.05) is 20.1 Å². The van der Waals surface area contributed by atoms with E-state index in [1.54, 1.807) is 25.6 Å². The Morgan fingerprint density at radius 1 is 1.04 bits per heavy atom. The Balaban J connectivity index is 2.35. The van der Waals surface area contributed by atoms with Gasteiger partial charge in [0.05, 0.1) is 17.6 Å². The molecule has 1 rings (SSSR count). The maximum absolute atomic E-state index is 12.3. The van der Waals surface area contributed by atoms with Gasteiger partial charge in [-0.2, -0.15) is 11.8 Å². The summed E-state index contributed by atoms with van der Waals surface area (Å²) in [6, 6.07) is 0. The second-order valence-corrected chi connectivity index (χ2v) is 8.54. The first kappa shape index (κ1) is 22.9. The SMILES string of the molecule is CSCCOCCC(C)(C)OCCC(C)(C)C(=O)ON1C(=O)CCC1=O. The van der Waals surface area contributed by atoms with Gasteiger partial charge in [-0.25, -0.2) is 4.79 Å². The molecule has 0 aliphatic carbocycles. The van der Waals surface area contributed by atoms with Crippen LogP contribution in [0, 0.1) is 5.41 Å². The van der Waals surface area contributed by atoms with E-state index in [0.29, 0.717) is 24.7 Å². The summed E-state index contributed by atoms with van der Waals surface area (Å²) in [4.78, 5) is 40.4. The van der Waals surface area contributed by atoms with Crippen molar-refractivity contribution in [3.63, 3.8) is 0 Å². The van der Waals surface area contributed by atoms with Crippen LogP contribution in [0.5, 0.6) is 0 Å². The molecule has 26 heavy (non-hydrogen) atoms. The van der Waals surface area contributed by atoms with Crippen LogP contribution in [0.25, 0.3) is 0 Å². The first-order chi connectivity index (χ1) is 12.1. The minimum atomic E-state index is -0.867. The van der Waals surface area contributed by atoms with Gasteiger partial charge in [0.1, 0.15) is 0 Å². The van der Waals surface area contributed by atoms with E-state index in [0.717, 1.165) is 18.8 Å². The molecule has 1 heterocycles. The zero-order valence-corrected chi connectivity index (χ0v) is 17.3. The topological polar surface area (TPSA) is 82.1 Å². The Hall–Kier alpha value is -1.12. The van der Waals surface area contributed by atoms with Crippen molar-refractivity contribution in [3.8, 4) is 0 Å². The number of ether oxygens (including phenoxy) is 2. The molecule has 0 bridgehead atoms. The average molecular weight is 390 g/mol. The van der Waals surface area contributed by atoms with E-state index in [4.69, 9.17) is 14.3 Å². The summed E-state index contributed by atoms with van der Waals surface area (Å²) in [5, 5.41) is 0.584. The third-order valence-corrected chi connectivity index (χ3v) is 4.81. The Labute approximate surface area is 160 Å². The van der Waals surface area contributed by atoms with Crippen molar-refractivity contribution in [3.05, 3.63) is 0 Å². The molecule has 1 saturated heterocycles. The van der Waals surface area contributed by atoms with Gasteiger partial charge in [-0.15, -0.1) is 5.06 Å². The molecule has 1 aliphatic heterocycles. The molecule has 0 atom stereocenters. The van der Waals surface area contributed by atoms with Crippen molar-refractivity contribution in [1.82, 2.24) is 5.06 Å². The number of carbonyl (C=O) groups is 3. The molecule has 0 radical (unpaired) electrons. The molecular weight excluding hydrogens is 358 g/mol. The fourth-order valence-corrected chi connectivity index (χ4v) is 2.47. The van der Waals surface area contributed by atoms with Crippen LogP contribution in [0.3, 0.4) is 0 Å². The lowest BCUT2D eigenvalue weighted by Gasteiger charge is -2.29. The highest BCUT2D eigenvalue weighted by Crippen LogP contribution is 2.26. The van der Waals surface area contributed by atoms with Crippen LogP contribution in [-0.4, -0.2) is 60.3 Å². The summed E-state index contributed by atoms with van der Waals surface area (Å²) in [7, 11) is 0. The van der Waals surface area contributed by atoms with Gasteiger partial charge in [-0.1, -0.05) is 0 Å². The number of carbonyl (C=O) groups excluding carboxylic acids is 3. The largest absolute Gasteiger partial charge is 0.380 e. The van der Waals surface area contributed by atoms with Crippen molar-refractivity contribution < 1.29 is 28.7 Å². The number of imide groups is 1. The summed E-state index contributed by atoms with van der Waals surface area (Å²) >= 11 is 1.74. The fraction of sp³-hybridized carbons (Fsp3) is 0.833. The van der Waals surface area contributed by atoms with Gasteiger partial charge >= 0.3 is 5.97 Å². The highest BCUT2D eigenvalue weighted by atomic mass is 32.2. The average Bonchev–Trinajstić information content (AvgIpc) is 2.86. The van der Waals surface area contributed by atoms with Crippen molar-refractivity contribution in [2.24, 2.45) is 5.41 Å². The Bertz CT molecular complexity index is 490. The van der Waals surface area contributed by atoms with E-state index < -0.39 is 23.2 Å². The van der Waals surface area contributed by atoms with Crippen molar-refractivity contribution in [1.29, 1.82) is 0 Å². The van der Waals surface area contributed by atoms with Crippen molar-refractivity contribution in [2.45, 2.75) is 59.0 Å². The van der Waals surface area contributed by atoms with Crippen LogP contribution in [0.15, 0.2) is 0 Å². The van der Waals surface area contributed by atoms with Crippen LogP contribution < -0.4 is 0 Å². The van der Waals surface area contributed by atoms with Gasteiger partial charge in [-0.05, 0) is 46.8 Å². The Kier molecular flexibility index (Phi) is 9.06. The zero-order valence-electron chi connectivity index (χ0n) is 16.5. The van der Waals surface area contributed by atoms with E-state index >= 15 is 0 Å². The highest BCUT2D eigenvalue weighted by molar-refractivity contribution is 7.98. The van der Waals surface area contributed by atoms with Crippen molar-refractivity contribution >= 4 is 29.5 Å². The summed E-state index contributed by atoms with van der Waals surface area (Å²) in [6.45, 7) is 9.10.